The maximum atomic E-state index is 12.9. The highest BCUT2D eigenvalue weighted by Gasteiger charge is 2.34. The normalized spacial score (nSPS) is 20.4. The molecule has 7 nitrogen and oxygen atoms in total. The van der Waals surface area contributed by atoms with E-state index in [9.17, 15) is 9.90 Å². The largest absolute Gasteiger partial charge is 0.388 e. The van der Waals surface area contributed by atoms with Crippen molar-refractivity contribution in [1.82, 2.24) is 19.8 Å². The number of carbonyl (C=O) groups is 1. The number of hydrogen-bond acceptors (Lipinski definition) is 5. The number of aliphatic hydroxyl groups is 1. The fourth-order valence-corrected chi connectivity index (χ4v) is 5.73. The van der Waals surface area contributed by atoms with Crippen molar-refractivity contribution in [2.24, 2.45) is 0 Å². The van der Waals surface area contributed by atoms with Crippen LogP contribution in [0.15, 0.2) is 60.9 Å². The first-order chi connectivity index (χ1) is 18.3. The molecule has 0 bridgehead atoms. The average Bonchev–Trinajstić information content (AvgIpc) is 3.51. The van der Waals surface area contributed by atoms with Crippen molar-refractivity contribution >= 4 is 22.6 Å². The quantitative estimate of drug-likeness (QED) is 0.422. The number of piperazine rings is 1. The number of β-amino-alcohol motifs (C(OH)–C–C–N with tert-alkyl or cyclic N) is 1. The number of H-pyrrole nitrogens is 1. The van der Waals surface area contributed by atoms with Crippen LogP contribution < -0.4 is 4.90 Å². The van der Waals surface area contributed by atoms with Gasteiger partial charge in [-0.1, -0.05) is 18.2 Å². The third kappa shape index (κ3) is 4.68. The zero-order chi connectivity index (χ0) is 26.4. The minimum atomic E-state index is -0.798. The zero-order valence-corrected chi connectivity index (χ0v) is 22.4. The topological polar surface area (TPSA) is 75.7 Å². The first-order valence-corrected chi connectivity index (χ1v) is 13.4. The van der Waals surface area contributed by atoms with Crippen molar-refractivity contribution in [3.05, 3.63) is 72.1 Å². The highest BCUT2D eigenvalue weighted by atomic mass is 16.3. The summed E-state index contributed by atoms with van der Waals surface area (Å²) in [4.78, 5) is 27.5. The molecule has 4 aromatic rings. The first-order valence-electron chi connectivity index (χ1n) is 13.4. The van der Waals surface area contributed by atoms with Gasteiger partial charge in [-0.2, -0.15) is 0 Å². The summed E-state index contributed by atoms with van der Waals surface area (Å²) in [6.07, 6.45) is 4.52. The Labute approximate surface area is 223 Å². The number of likely N-dealkylation sites (tertiary alicyclic amines) is 1. The number of aromatic nitrogens is 2. The van der Waals surface area contributed by atoms with Crippen molar-refractivity contribution in [1.29, 1.82) is 0 Å². The van der Waals surface area contributed by atoms with E-state index >= 15 is 0 Å². The molecule has 6 rings (SSSR count). The number of likely N-dealkylation sites (N-methyl/N-ethyl adjacent to an activating group) is 1. The number of benzene rings is 2. The molecular formula is C31H35N5O2. The van der Waals surface area contributed by atoms with Gasteiger partial charge in [0, 0.05) is 79.4 Å². The lowest BCUT2D eigenvalue weighted by atomic mass is 9.99. The van der Waals surface area contributed by atoms with Crippen LogP contribution in [0.4, 0.5) is 5.69 Å². The van der Waals surface area contributed by atoms with Crippen LogP contribution >= 0.6 is 0 Å². The summed E-state index contributed by atoms with van der Waals surface area (Å²) >= 11 is 0. The SMILES string of the molecule is Cc1cc(-c2cnc3[nH]cc(-c4ccc(C(=O)N5CC[C@@](C)(O)C5)cc4)c3c2)ccc1N1CCN(C)CC1. The molecule has 2 aromatic carbocycles. The minimum absolute atomic E-state index is 0.0346. The molecular weight excluding hydrogens is 474 g/mol. The van der Waals surface area contributed by atoms with Gasteiger partial charge >= 0.3 is 0 Å². The molecule has 0 radical (unpaired) electrons. The maximum Gasteiger partial charge on any atom is 0.253 e. The number of rotatable bonds is 4. The maximum absolute atomic E-state index is 12.9. The van der Waals surface area contributed by atoms with Gasteiger partial charge in [0.1, 0.15) is 5.65 Å². The second-order valence-corrected chi connectivity index (χ2v) is 11.2. The summed E-state index contributed by atoms with van der Waals surface area (Å²) in [7, 11) is 2.18. The molecule has 0 aliphatic carbocycles. The summed E-state index contributed by atoms with van der Waals surface area (Å²) in [6, 6.07) is 16.6. The van der Waals surface area contributed by atoms with Gasteiger partial charge in [-0.25, -0.2) is 4.98 Å². The van der Waals surface area contributed by atoms with Gasteiger partial charge in [-0.15, -0.1) is 0 Å². The predicted octanol–water partition coefficient (Wildman–Crippen LogP) is 4.55. The van der Waals surface area contributed by atoms with Crippen LogP contribution in [0.5, 0.6) is 0 Å². The van der Waals surface area contributed by atoms with Gasteiger partial charge in [0.2, 0.25) is 0 Å². The molecule has 4 heterocycles. The Kier molecular flexibility index (Phi) is 6.20. The predicted molar refractivity (Wildman–Crippen MR) is 153 cm³/mol. The van der Waals surface area contributed by atoms with E-state index in [0.717, 1.165) is 59.5 Å². The lowest BCUT2D eigenvalue weighted by Crippen LogP contribution is -2.44. The lowest BCUT2D eigenvalue weighted by Gasteiger charge is -2.35. The van der Waals surface area contributed by atoms with E-state index in [4.69, 9.17) is 4.98 Å². The lowest BCUT2D eigenvalue weighted by molar-refractivity contribution is 0.0572. The van der Waals surface area contributed by atoms with Crippen LogP contribution in [0.2, 0.25) is 0 Å². The van der Waals surface area contributed by atoms with E-state index in [1.807, 2.05) is 36.7 Å². The Balaban J connectivity index is 1.25. The molecule has 0 spiro atoms. The van der Waals surface area contributed by atoms with Crippen LogP contribution in [0.1, 0.15) is 29.3 Å². The summed E-state index contributed by atoms with van der Waals surface area (Å²) in [5, 5.41) is 11.3. The van der Waals surface area contributed by atoms with E-state index in [-0.39, 0.29) is 5.91 Å². The number of carbonyl (C=O) groups excluding carboxylic acids is 1. The van der Waals surface area contributed by atoms with Crippen LogP contribution in [0, 0.1) is 6.92 Å². The summed E-state index contributed by atoms with van der Waals surface area (Å²) < 4.78 is 0. The molecule has 1 amide bonds. The number of anilines is 1. The Bertz CT molecular complexity index is 1480. The fraction of sp³-hybridized carbons (Fsp3) is 0.355. The Morgan fingerprint density at radius 1 is 0.974 bits per heavy atom. The highest BCUT2D eigenvalue weighted by Crippen LogP contribution is 2.33. The Hall–Kier alpha value is -3.68. The molecule has 0 unspecified atom stereocenters. The van der Waals surface area contributed by atoms with Gasteiger partial charge in [0.05, 0.1) is 5.60 Å². The number of amides is 1. The zero-order valence-electron chi connectivity index (χ0n) is 22.4. The van der Waals surface area contributed by atoms with Gasteiger partial charge in [0.15, 0.2) is 0 Å². The molecule has 2 N–H and O–H groups in total. The van der Waals surface area contributed by atoms with E-state index in [2.05, 4.69) is 53.0 Å². The van der Waals surface area contributed by atoms with Crippen molar-refractivity contribution in [3.63, 3.8) is 0 Å². The molecule has 2 aromatic heterocycles. The number of nitrogens with zero attached hydrogens (tertiary/aromatic N) is 4. The number of nitrogens with one attached hydrogen (secondary N) is 1. The Morgan fingerprint density at radius 2 is 1.71 bits per heavy atom. The van der Waals surface area contributed by atoms with Crippen molar-refractivity contribution in [2.75, 3.05) is 51.2 Å². The third-order valence-electron chi connectivity index (χ3n) is 8.09. The molecule has 2 fully saturated rings. The second-order valence-electron chi connectivity index (χ2n) is 11.2. The summed E-state index contributed by atoms with van der Waals surface area (Å²) in [6.45, 7) is 9.23. The number of hydrogen-bond donors (Lipinski definition) is 2. The van der Waals surface area contributed by atoms with Gasteiger partial charge in [-0.3, -0.25) is 4.79 Å². The minimum Gasteiger partial charge on any atom is -0.388 e. The standard InChI is InChI=1S/C31H35N5O2/c1-21-16-24(8-9-28(21)35-14-12-34(3)13-15-35)25-17-26-27(19-33-29(26)32-18-25)22-4-6-23(7-5-22)30(37)36-11-10-31(2,38)20-36/h4-9,16-19,38H,10-15,20H2,1-3H3,(H,32,33)/t31-/m1/s1. The van der Waals surface area contributed by atoms with Crippen molar-refractivity contribution in [3.8, 4) is 22.3 Å². The first kappa shape index (κ1) is 24.6. The number of fused-ring (bicyclic) bond motifs is 1. The molecule has 1 atom stereocenters. The molecule has 2 aliphatic heterocycles. The second kappa shape index (κ2) is 9.57. The van der Waals surface area contributed by atoms with E-state index in [0.29, 0.717) is 25.1 Å². The molecule has 38 heavy (non-hydrogen) atoms. The van der Waals surface area contributed by atoms with Crippen LogP contribution in [0.3, 0.4) is 0 Å². The van der Waals surface area contributed by atoms with E-state index in [1.54, 1.807) is 11.8 Å². The summed E-state index contributed by atoms with van der Waals surface area (Å²) in [5.74, 6) is -0.0346. The van der Waals surface area contributed by atoms with E-state index < -0.39 is 5.60 Å². The van der Waals surface area contributed by atoms with Gasteiger partial charge < -0.3 is 24.8 Å². The highest BCUT2D eigenvalue weighted by molar-refractivity contribution is 5.98. The molecule has 0 saturated carbocycles. The monoisotopic (exact) mass is 509 g/mol. The molecule has 2 aliphatic rings. The summed E-state index contributed by atoms with van der Waals surface area (Å²) in [5.41, 5.74) is 7.60. The molecule has 196 valence electrons. The Morgan fingerprint density at radius 3 is 2.39 bits per heavy atom. The fourth-order valence-electron chi connectivity index (χ4n) is 5.73. The number of aromatic amines is 1. The molecule has 7 heteroatoms. The van der Waals surface area contributed by atoms with Crippen molar-refractivity contribution < 1.29 is 9.90 Å². The number of pyridine rings is 1. The van der Waals surface area contributed by atoms with Gasteiger partial charge in [0.25, 0.3) is 5.91 Å². The molecule has 2 saturated heterocycles. The van der Waals surface area contributed by atoms with Crippen LogP contribution in [0.25, 0.3) is 33.3 Å². The smallest absolute Gasteiger partial charge is 0.253 e. The van der Waals surface area contributed by atoms with Crippen molar-refractivity contribution in [2.45, 2.75) is 25.9 Å². The van der Waals surface area contributed by atoms with Crippen LogP contribution in [-0.4, -0.2) is 82.7 Å². The van der Waals surface area contributed by atoms with Gasteiger partial charge in [-0.05, 0) is 74.3 Å². The third-order valence-corrected chi connectivity index (χ3v) is 8.09. The van der Waals surface area contributed by atoms with Crippen LogP contribution in [-0.2, 0) is 0 Å². The van der Waals surface area contributed by atoms with E-state index in [1.165, 1.54) is 11.3 Å². The average molecular weight is 510 g/mol. The number of aryl methyl sites for hydroxylation is 1.